The fourth-order valence-electron chi connectivity index (χ4n) is 2.03. The molecule has 0 spiro atoms. The van der Waals surface area contributed by atoms with Gasteiger partial charge in [-0.3, -0.25) is 14.9 Å². The molecule has 2 rings (SSSR count). The van der Waals surface area contributed by atoms with Crippen LogP contribution in [0, 0.1) is 10.1 Å². The highest BCUT2D eigenvalue weighted by atomic mass is 16.6. The first kappa shape index (κ1) is 11.4. The molecule has 1 aromatic rings. The molecule has 90 valence electrons. The van der Waals surface area contributed by atoms with Crippen molar-refractivity contribution in [1.29, 1.82) is 0 Å². The van der Waals surface area contributed by atoms with Crippen molar-refractivity contribution in [3.63, 3.8) is 0 Å². The third-order valence-corrected chi connectivity index (χ3v) is 2.79. The molecule has 1 aliphatic rings. The zero-order valence-electron chi connectivity index (χ0n) is 9.09. The average molecular weight is 236 g/mol. The van der Waals surface area contributed by atoms with Crippen molar-refractivity contribution in [3.8, 4) is 0 Å². The fraction of sp³-hybridized carbons (Fsp3) is 0.364. The third kappa shape index (κ3) is 2.35. The second-order valence-electron chi connectivity index (χ2n) is 3.87. The first-order valence-corrected chi connectivity index (χ1v) is 5.30. The Bertz CT molecular complexity index is 447. The molecule has 0 fully saturated rings. The van der Waals surface area contributed by atoms with Crippen LogP contribution in [-0.4, -0.2) is 24.0 Å². The van der Waals surface area contributed by atoms with Gasteiger partial charge >= 0.3 is 0 Å². The summed E-state index contributed by atoms with van der Waals surface area (Å²) in [5, 5.41) is 13.9. The molecule has 0 bridgehead atoms. The van der Waals surface area contributed by atoms with E-state index in [1.165, 1.54) is 6.07 Å². The van der Waals surface area contributed by atoms with Gasteiger partial charge in [0.25, 0.3) is 12.2 Å². The van der Waals surface area contributed by atoms with Crippen LogP contribution in [0.3, 0.4) is 0 Å². The van der Waals surface area contributed by atoms with E-state index in [0.717, 1.165) is 12.0 Å². The van der Waals surface area contributed by atoms with Crippen LogP contribution in [0.25, 0.3) is 0 Å². The van der Waals surface area contributed by atoms with E-state index in [2.05, 4.69) is 10.1 Å². The van der Waals surface area contributed by atoms with Crippen LogP contribution < -0.4 is 5.32 Å². The maximum atomic E-state index is 10.8. The molecule has 0 aliphatic carbocycles. The topological polar surface area (TPSA) is 81.5 Å². The summed E-state index contributed by atoms with van der Waals surface area (Å²) in [6, 6.07) is 5.13. The van der Waals surface area contributed by atoms with Crippen molar-refractivity contribution in [2.75, 3.05) is 11.9 Å². The summed E-state index contributed by atoms with van der Waals surface area (Å²) in [4.78, 5) is 20.4. The Kier molecular flexibility index (Phi) is 3.22. The number of carbonyl (C=O) groups excluding carboxylic acids is 1. The van der Waals surface area contributed by atoms with Gasteiger partial charge in [-0.05, 0) is 12.0 Å². The number of benzene rings is 1. The van der Waals surface area contributed by atoms with Crippen LogP contribution >= 0.6 is 0 Å². The molecule has 0 amide bonds. The van der Waals surface area contributed by atoms with Crippen molar-refractivity contribution in [1.82, 2.24) is 0 Å². The van der Waals surface area contributed by atoms with Gasteiger partial charge in [0, 0.05) is 18.5 Å². The lowest BCUT2D eigenvalue weighted by Gasteiger charge is -2.09. The van der Waals surface area contributed by atoms with Crippen molar-refractivity contribution in [2.45, 2.75) is 18.9 Å². The normalized spacial score (nSPS) is 17.1. The number of rotatable bonds is 5. The largest absolute Gasteiger partial charge is 0.468 e. The summed E-state index contributed by atoms with van der Waals surface area (Å²) in [5.74, 6) is 0. The van der Waals surface area contributed by atoms with Gasteiger partial charge in [-0.15, -0.1) is 0 Å². The lowest BCUT2D eigenvalue weighted by atomic mass is 10.1. The van der Waals surface area contributed by atoms with Crippen LogP contribution in [-0.2, 0) is 16.0 Å². The first-order valence-electron chi connectivity index (χ1n) is 5.30. The lowest BCUT2D eigenvalue weighted by molar-refractivity contribution is -0.383. The highest BCUT2D eigenvalue weighted by Crippen LogP contribution is 2.35. The fourth-order valence-corrected chi connectivity index (χ4v) is 2.03. The van der Waals surface area contributed by atoms with Gasteiger partial charge in [-0.25, -0.2) is 0 Å². The average Bonchev–Trinajstić information content (AvgIpc) is 2.71. The lowest BCUT2D eigenvalue weighted by Crippen LogP contribution is -2.17. The van der Waals surface area contributed by atoms with Crippen molar-refractivity contribution in [2.24, 2.45) is 0 Å². The number of nitro groups is 1. The van der Waals surface area contributed by atoms with Gasteiger partial charge < -0.3 is 10.1 Å². The van der Waals surface area contributed by atoms with Crippen LogP contribution in [0.4, 0.5) is 11.4 Å². The Morgan fingerprint density at radius 1 is 1.59 bits per heavy atom. The zero-order valence-corrected chi connectivity index (χ0v) is 9.09. The van der Waals surface area contributed by atoms with E-state index in [1.807, 2.05) is 6.07 Å². The quantitative estimate of drug-likeness (QED) is 0.362. The standard InChI is InChI=1S/C11H12N2O4/c14-7-17-5-4-9-6-8-2-1-3-10(13(15)16)11(8)12-9/h1-3,7,9,12H,4-6H2. The minimum Gasteiger partial charge on any atom is -0.468 e. The SMILES string of the molecule is O=COCCC1Cc2cccc([N+](=O)[O-])c2N1. The Hall–Kier alpha value is -2.11. The third-order valence-electron chi connectivity index (χ3n) is 2.79. The molecule has 0 radical (unpaired) electrons. The van der Waals surface area contributed by atoms with E-state index < -0.39 is 4.92 Å². The highest BCUT2D eigenvalue weighted by Gasteiger charge is 2.27. The Labute approximate surface area is 97.7 Å². The smallest absolute Gasteiger partial charge is 0.293 e. The zero-order chi connectivity index (χ0) is 12.3. The Morgan fingerprint density at radius 3 is 3.12 bits per heavy atom. The molecule has 1 heterocycles. The number of fused-ring (bicyclic) bond motifs is 1. The highest BCUT2D eigenvalue weighted by molar-refractivity contribution is 5.69. The summed E-state index contributed by atoms with van der Waals surface area (Å²) in [5.41, 5.74) is 1.63. The van der Waals surface area contributed by atoms with E-state index >= 15 is 0 Å². The maximum absolute atomic E-state index is 10.8. The van der Waals surface area contributed by atoms with Crippen LogP contribution in [0.5, 0.6) is 0 Å². The number of nitrogens with one attached hydrogen (secondary N) is 1. The molecule has 0 aromatic heterocycles. The van der Waals surface area contributed by atoms with E-state index in [-0.39, 0.29) is 11.7 Å². The van der Waals surface area contributed by atoms with Gasteiger partial charge in [0.05, 0.1) is 11.5 Å². The first-order chi connectivity index (χ1) is 8.22. The van der Waals surface area contributed by atoms with Gasteiger partial charge in [-0.2, -0.15) is 0 Å². The number of nitrogens with zero attached hydrogens (tertiary/aromatic N) is 1. The van der Waals surface area contributed by atoms with Crippen LogP contribution in [0.1, 0.15) is 12.0 Å². The number of hydrogen-bond acceptors (Lipinski definition) is 5. The molecule has 0 saturated carbocycles. The number of hydrogen-bond donors (Lipinski definition) is 1. The summed E-state index contributed by atoms with van der Waals surface area (Å²) in [7, 11) is 0. The molecule has 1 N–H and O–H groups in total. The number of ether oxygens (including phenoxy) is 1. The molecular weight excluding hydrogens is 224 g/mol. The summed E-state index contributed by atoms with van der Waals surface area (Å²) < 4.78 is 4.62. The maximum Gasteiger partial charge on any atom is 0.293 e. The second-order valence-corrected chi connectivity index (χ2v) is 3.87. The summed E-state index contributed by atoms with van der Waals surface area (Å²) >= 11 is 0. The van der Waals surface area contributed by atoms with E-state index in [4.69, 9.17) is 0 Å². The second kappa shape index (κ2) is 4.82. The molecule has 0 saturated heterocycles. The predicted molar refractivity (Wildman–Crippen MR) is 60.8 cm³/mol. The van der Waals surface area contributed by atoms with Crippen LogP contribution in [0.2, 0.25) is 0 Å². The van der Waals surface area contributed by atoms with Crippen molar-refractivity contribution in [3.05, 3.63) is 33.9 Å². The van der Waals surface area contributed by atoms with Gasteiger partial charge in [0.2, 0.25) is 0 Å². The van der Waals surface area contributed by atoms with Crippen molar-refractivity contribution >= 4 is 17.8 Å². The van der Waals surface area contributed by atoms with Crippen molar-refractivity contribution < 1.29 is 14.5 Å². The monoisotopic (exact) mass is 236 g/mol. The number of carbonyl (C=O) groups is 1. The molecule has 1 aromatic carbocycles. The Balaban J connectivity index is 2.08. The summed E-state index contributed by atoms with van der Waals surface area (Å²) in [6.45, 7) is 0.730. The molecule has 6 nitrogen and oxygen atoms in total. The van der Waals surface area contributed by atoms with E-state index in [1.54, 1.807) is 6.07 Å². The van der Waals surface area contributed by atoms with Gasteiger partial charge in [-0.1, -0.05) is 12.1 Å². The number of para-hydroxylation sites is 1. The van der Waals surface area contributed by atoms with E-state index in [9.17, 15) is 14.9 Å². The molecule has 1 aliphatic heterocycles. The number of anilines is 1. The predicted octanol–water partition coefficient (Wildman–Crippen LogP) is 1.49. The number of nitro benzene ring substituents is 1. The summed E-state index contributed by atoms with van der Waals surface area (Å²) in [6.07, 6.45) is 1.36. The minimum absolute atomic E-state index is 0.0889. The van der Waals surface area contributed by atoms with Crippen LogP contribution in [0.15, 0.2) is 18.2 Å². The molecule has 1 unspecified atom stereocenters. The molecule has 1 atom stereocenters. The Morgan fingerprint density at radius 2 is 2.41 bits per heavy atom. The van der Waals surface area contributed by atoms with Gasteiger partial charge in [0.1, 0.15) is 5.69 Å². The van der Waals surface area contributed by atoms with E-state index in [0.29, 0.717) is 25.2 Å². The molecule has 17 heavy (non-hydrogen) atoms. The molecular formula is C11H12N2O4. The minimum atomic E-state index is -0.393. The van der Waals surface area contributed by atoms with Gasteiger partial charge in [0.15, 0.2) is 0 Å². The molecule has 6 heteroatoms.